The van der Waals surface area contributed by atoms with Crippen LogP contribution in [0.5, 0.6) is 0 Å². The zero-order valence-corrected chi connectivity index (χ0v) is 13.7. The summed E-state index contributed by atoms with van der Waals surface area (Å²) in [5.74, 6) is 0.332. The van der Waals surface area contributed by atoms with Crippen molar-refractivity contribution in [3.05, 3.63) is 51.8 Å². The molecular weight excluding hydrogens is 350 g/mol. The van der Waals surface area contributed by atoms with E-state index in [2.05, 4.69) is 26.4 Å². The Morgan fingerprint density at radius 1 is 1.32 bits per heavy atom. The molecule has 3 rings (SSSR count). The predicted octanol–water partition coefficient (Wildman–Crippen LogP) is 2.71. The number of rotatable bonds is 3. The van der Waals surface area contributed by atoms with Gasteiger partial charge in [0, 0.05) is 10.5 Å². The van der Waals surface area contributed by atoms with Crippen molar-refractivity contribution in [1.82, 2.24) is 15.4 Å². The second-order valence-corrected chi connectivity index (χ2v) is 6.30. The molecule has 0 spiro atoms. The lowest BCUT2D eigenvalue weighted by atomic mass is 9.92. The summed E-state index contributed by atoms with van der Waals surface area (Å²) in [6.07, 6.45) is 0. The Morgan fingerprint density at radius 3 is 2.59 bits per heavy atom. The summed E-state index contributed by atoms with van der Waals surface area (Å²) in [5.41, 5.74) is 0.199. The summed E-state index contributed by atoms with van der Waals surface area (Å²) in [4.78, 5) is 26.0. The Labute approximate surface area is 135 Å². The predicted molar refractivity (Wildman–Crippen MR) is 81.8 cm³/mol. The minimum Gasteiger partial charge on any atom is -0.361 e. The minimum atomic E-state index is -1.07. The van der Waals surface area contributed by atoms with Crippen molar-refractivity contribution in [2.24, 2.45) is 0 Å². The largest absolute Gasteiger partial charge is 0.361 e. The average Bonchev–Trinajstić information content (AvgIpc) is 2.97. The fraction of sp³-hybridized carbons (Fsp3) is 0.267. The van der Waals surface area contributed by atoms with Gasteiger partial charge in [-0.05, 0) is 31.5 Å². The number of carbonyl (C=O) groups is 2. The van der Waals surface area contributed by atoms with Gasteiger partial charge in [0.2, 0.25) is 0 Å². The van der Waals surface area contributed by atoms with Crippen LogP contribution in [0, 0.1) is 6.92 Å². The molecule has 1 aromatic carbocycles. The highest BCUT2D eigenvalue weighted by Crippen LogP contribution is 2.30. The molecule has 0 radical (unpaired) electrons. The van der Waals surface area contributed by atoms with E-state index in [9.17, 15) is 9.59 Å². The van der Waals surface area contributed by atoms with Crippen LogP contribution in [0.15, 0.2) is 39.3 Å². The van der Waals surface area contributed by atoms with E-state index < -0.39 is 11.6 Å². The molecule has 1 unspecified atom stereocenters. The molecule has 1 N–H and O–H groups in total. The summed E-state index contributed by atoms with van der Waals surface area (Å²) >= 11 is 3.36. The van der Waals surface area contributed by atoms with E-state index in [-0.39, 0.29) is 12.5 Å². The number of imide groups is 1. The number of halogens is 1. The number of aromatic nitrogens is 1. The van der Waals surface area contributed by atoms with Crippen molar-refractivity contribution >= 4 is 27.9 Å². The quantitative estimate of drug-likeness (QED) is 0.850. The van der Waals surface area contributed by atoms with Crippen LogP contribution in [0.4, 0.5) is 4.79 Å². The van der Waals surface area contributed by atoms with E-state index in [1.807, 2.05) is 24.3 Å². The Morgan fingerprint density at radius 2 is 2.00 bits per heavy atom. The van der Waals surface area contributed by atoms with Crippen molar-refractivity contribution in [3.63, 3.8) is 0 Å². The van der Waals surface area contributed by atoms with Gasteiger partial charge in [0.1, 0.15) is 17.0 Å². The maximum atomic E-state index is 12.7. The number of urea groups is 1. The van der Waals surface area contributed by atoms with Gasteiger partial charge in [-0.25, -0.2) is 4.79 Å². The van der Waals surface area contributed by atoms with Crippen molar-refractivity contribution in [3.8, 4) is 0 Å². The summed E-state index contributed by atoms with van der Waals surface area (Å²) < 4.78 is 5.88. The lowest BCUT2D eigenvalue weighted by molar-refractivity contribution is -0.131. The molecule has 2 heterocycles. The lowest BCUT2D eigenvalue weighted by Gasteiger charge is -2.22. The first kappa shape index (κ1) is 14.8. The smallest absolute Gasteiger partial charge is 0.325 e. The molecule has 1 atom stereocenters. The molecule has 1 fully saturated rings. The Hall–Kier alpha value is -2.15. The topological polar surface area (TPSA) is 75.4 Å². The third-order valence-electron chi connectivity index (χ3n) is 3.69. The number of nitrogens with zero attached hydrogens (tertiary/aromatic N) is 2. The lowest BCUT2D eigenvalue weighted by Crippen LogP contribution is -2.40. The molecule has 1 aliphatic heterocycles. The van der Waals surface area contributed by atoms with Crippen LogP contribution < -0.4 is 5.32 Å². The molecule has 0 saturated carbocycles. The Kier molecular flexibility index (Phi) is 3.52. The van der Waals surface area contributed by atoms with Gasteiger partial charge in [-0.2, -0.15) is 0 Å². The molecule has 114 valence electrons. The fourth-order valence-corrected chi connectivity index (χ4v) is 2.74. The zero-order chi connectivity index (χ0) is 15.9. The molecule has 6 nitrogen and oxygen atoms in total. The van der Waals surface area contributed by atoms with Gasteiger partial charge in [-0.15, -0.1) is 0 Å². The van der Waals surface area contributed by atoms with Gasteiger partial charge < -0.3 is 9.84 Å². The van der Waals surface area contributed by atoms with Gasteiger partial charge in [-0.3, -0.25) is 9.69 Å². The second kappa shape index (κ2) is 5.24. The highest BCUT2D eigenvalue weighted by Gasteiger charge is 2.49. The van der Waals surface area contributed by atoms with E-state index in [0.717, 1.165) is 14.9 Å². The van der Waals surface area contributed by atoms with Crippen molar-refractivity contribution in [2.75, 3.05) is 0 Å². The van der Waals surface area contributed by atoms with Crippen molar-refractivity contribution in [1.29, 1.82) is 0 Å². The number of nitrogens with one attached hydrogen (secondary N) is 1. The van der Waals surface area contributed by atoms with E-state index in [1.54, 1.807) is 19.9 Å². The molecule has 1 aromatic heterocycles. The van der Waals surface area contributed by atoms with E-state index in [0.29, 0.717) is 11.5 Å². The second-order valence-electron chi connectivity index (χ2n) is 5.38. The maximum absolute atomic E-state index is 12.7. The summed E-state index contributed by atoms with van der Waals surface area (Å²) in [5, 5.41) is 6.58. The number of amides is 3. The molecular formula is C15H14BrN3O3. The van der Waals surface area contributed by atoms with E-state index in [4.69, 9.17) is 4.52 Å². The van der Waals surface area contributed by atoms with Gasteiger partial charge in [0.25, 0.3) is 5.91 Å². The molecule has 0 aliphatic carbocycles. The molecule has 1 saturated heterocycles. The van der Waals surface area contributed by atoms with E-state index in [1.165, 1.54) is 0 Å². The molecule has 7 heteroatoms. The van der Waals surface area contributed by atoms with E-state index >= 15 is 0 Å². The maximum Gasteiger partial charge on any atom is 0.325 e. The van der Waals surface area contributed by atoms with Crippen molar-refractivity contribution in [2.45, 2.75) is 25.9 Å². The summed E-state index contributed by atoms with van der Waals surface area (Å²) in [6, 6.07) is 8.57. The first-order valence-electron chi connectivity index (χ1n) is 6.72. The van der Waals surface area contributed by atoms with Crippen LogP contribution in [-0.4, -0.2) is 22.0 Å². The van der Waals surface area contributed by atoms with Gasteiger partial charge >= 0.3 is 6.03 Å². The number of hydrogen-bond donors (Lipinski definition) is 1. The Balaban J connectivity index is 1.88. The molecule has 3 amide bonds. The standard InChI is InChI=1S/C15H14BrN3O3/c1-9-7-12(18-22-9)8-19-13(20)15(2,17-14(19)21)10-3-5-11(16)6-4-10/h3-7H,8H2,1-2H3,(H,17,21). The highest BCUT2D eigenvalue weighted by molar-refractivity contribution is 9.10. The number of hydrogen-bond acceptors (Lipinski definition) is 4. The summed E-state index contributed by atoms with van der Waals surface area (Å²) in [7, 11) is 0. The van der Waals surface area contributed by atoms with Crippen LogP contribution in [-0.2, 0) is 16.9 Å². The normalized spacial score (nSPS) is 21.3. The molecule has 2 aromatic rings. The Bertz CT molecular complexity index is 741. The minimum absolute atomic E-state index is 0.0914. The number of carbonyl (C=O) groups excluding carboxylic acids is 2. The van der Waals surface area contributed by atoms with Crippen molar-refractivity contribution < 1.29 is 14.1 Å². The first-order chi connectivity index (χ1) is 10.4. The highest BCUT2D eigenvalue weighted by atomic mass is 79.9. The molecule has 1 aliphatic rings. The fourth-order valence-electron chi connectivity index (χ4n) is 2.47. The van der Waals surface area contributed by atoms with Crippen LogP contribution in [0.3, 0.4) is 0 Å². The third kappa shape index (κ3) is 2.41. The zero-order valence-electron chi connectivity index (χ0n) is 12.1. The van der Waals surface area contributed by atoms with Crippen LogP contribution in [0.1, 0.15) is 23.9 Å². The van der Waals surface area contributed by atoms with Gasteiger partial charge in [-0.1, -0.05) is 33.2 Å². The first-order valence-corrected chi connectivity index (χ1v) is 7.52. The number of benzene rings is 1. The monoisotopic (exact) mass is 363 g/mol. The van der Waals surface area contributed by atoms with Crippen LogP contribution in [0.25, 0.3) is 0 Å². The van der Waals surface area contributed by atoms with Gasteiger partial charge in [0.05, 0.1) is 6.54 Å². The molecule has 22 heavy (non-hydrogen) atoms. The van der Waals surface area contributed by atoms with Crippen LogP contribution >= 0.6 is 15.9 Å². The number of aryl methyl sites for hydroxylation is 1. The molecule has 0 bridgehead atoms. The average molecular weight is 364 g/mol. The third-order valence-corrected chi connectivity index (χ3v) is 4.22. The SMILES string of the molecule is Cc1cc(CN2C(=O)NC(C)(c3ccc(Br)cc3)C2=O)no1. The van der Waals surface area contributed by atoms with Gasteiger partial charge in [0.15, 0.2) is 0 Å². The van der Waals surface area contributed by atoms with Crippen LogP contribution in [0.2, 0.25) is 0 Å². The summed E-state index contributed by atoms with van der Waals surface area (Å²) in [6.45, 7) is 3.55.